The van der Waals surface area contributed by atoms with Crippen LogP contribution in [0.3, 0.4) is 0 Å². The van der Waals surface area contributed by atoms with E-state index in [0.29, 0.717) is 48.1 Å². The highest BCUT2D eigenvalue weighted by Gasteiger charge is 2.32. The molecule has 0 atom stereocenters. The number of hydrogen-bond acceptors (Lipinski definition) is 4. The first-order valence-electron chi connectivity index (χ1n) is 11.6. The monoisotopic (exact) mass is 469 g/mol. The van der Waals surface area contributed by atoms with Gasteiger partial charge in [-0.3, -0.25) is 9.59 Å². The molecule has 1 saturated carbocycles. The topological polar surface area (TPSA) is 95.6 Å². The van der Waals surface area contributed by atoms with Crippen molar-refractivity contribution in [1.29, 1.82) is 0 Å². The molecule has 1 aliphatic carbocycles. The zero-order valence-corrected chi connectivity index (χ0v) is 19.9. The molecule has 2 N–H and O–H groups in total. The van der Waals surface area contributed by atoms with Crippen LogP contribution in [0.25, 0.3) is 0 Å². The van der Waals surface area contributed by atoms with E-state index in [4.69, 9.17) is 0 Å². The minimum Gasteiger partial charge on any atom is -0.326 e. The number of anilines is 2. The summed E-state index contributed by atoms with van der Waals surface area (Å²) in [6.07, 6.45) is 2.79. The molecule has 2 fully saturated rings. The Bertz CT molecular complexity index is 1120. The predicted octanol–water partition coefficient (Wildman–Crippen LogP) is 4.20. The lowest BCUT2D eigenvalue weighted by Gasteiger charge is -2.30. The molecule has 0 aromatic heterocycles. The Balaban J connectivity index is 1.33. The number of carbonyl (C=O) groups excluding carboxylic acids is 2. The molecular weight excluding hydrogens is 438 g/mol. The van der Waals surface area contributed by atoms with Gasteiger partial charge in [-0.1, -0.05) is 32.0 Å². The minimum atomic E-state index is -3.57. The largest absolute Gasteiger partial charge is 0.326 e. The first-order valence-corrected chi connectivity index (χ1v) is 13.0. The molecular formula is C25H31N3O4S. The Morgan fingerprint density at radius 2 is 1.36 bits per heavy atom. The summed E-state index contributed by atoms with van der Waals surface area (Å²) in [5.41, 5.74) is 2.38. The van der Waals surface area contributed by atoms with E-state index >= 15 is 0 Å². The lowest BCUT2D eigenvalue weighted by molar-refractivity contribution is -0.121. The van der Waals surface area contributed by atoms with Gasteiger partial charge in [-0.2, -0.15) is 4.31 Å². The molecule has 8 heteroatoms. The fourth-order valence-electron chi connectivity index (χ4n) is 4.04. The molecule has 1 saturated heterocycles. The van der Waals surface area contributed by atoms with E-state index < -0.39 is 10.0 Å². The van der Waals surface area contributed by atoms with Crippen LogP contribution in [-0.4, -0.2) is 37.6 Å². The van der Waals surface area contributed by atoms with E-state index in [1.807, 2.05) is 12.1 Å². The third-order valence-corrected chi connectivity index (χ3v) is 8.27. The van der Waals surface area contributed by atoms with Crippen molar-refractivity contribution >= 4 is 33.2 Å². The van der Waals surface area contributed by atoms with Gasteiger partial charge in [0.05, 0.1) is 4.90 Å². The lowest BCUT2D eigenvalue weighted by atomic mass is 9.97. The molecule has 4 rings (SSSR count). The van der Waals surface area contributed by atoms with Crippen LogP contribution < -0.4 is 10.6 Å². The number of nitrogens with one attached hydrogen (secondary N) is 2. The first kappa shape index (κ1) is 23.4. The second-order valence-electron chi connectivity index (χ2n) is 9.24. The normalized spacial score (nSPS) is 17.7. The molecule has 0 spiro atoms. The zero-order chi connectivity index (χ0) is 23.6. The number of benzene rings is 2. The van der Waals surface area contributed by atoms with E-state index in [1.165, 1.54) is 4.31 Å². The predicted molar refractivity (Wildman–Crippen MR) is 128 cm³/mol. The highest BCUT2D eigenvalue weighted by Crippen LogP contribution is 2.31. The number of piperidine rings is 1. The quantitative estimate of drug-likeness (QED) is 0.635. The average Bonchev–Trinajstić information content (AvgIpc) is 3.65. The van der Waals surface area contributed by atoms with Crippen LogP contribution in [0.1, 0.15) is 51.0 Å². The Morgan fingerprint density at radius 1 is 0.848 bits per heavy atom. The third kappa shape index (κ3) is 5.62. The number of amides is 2. The van der Waals surface area contributed by atoms with E-state index in [2.05, 4.69) is 24.5 Å². The van der Waals surface area contributed by atoms with Gasteiger partial charge in [-0.05, 0) is 67.5 Å². The van der Waals surface area contributed by atoms with Gasteiger partial charge >= 0.3 is 0 Å². The minimum absolute atomic E-state index is 0.0194. The second-order valence-corrected chi connectivity index (χ2v) is 11.2. The van der Waals surface area contributed by atoms with Crippen LogP contribution in [0.15, 0.2) is 53.4 Å². The van der Waals surface area contributed by atoms with Crippen molar-refractivity contribution in [2.45, 2.75) is 50.3 Å². The molecule has 2 amide bonds. The summed E-state index contributed by atoms with van der Waals surface area (Å²) in [5.74, 6) is 0.0819. The first-order chi connectivity index (χ1) is 15.7. The molecule has 0 bridgehead atoms. The molecule has 2 aliphatic rings. The van der Waals surface area contributed by atoms with Gasteiger partial charge in [-0.15, -0.1) is 0 Å². The van der Waals surface area contributed by atoms with Gasteiger partial charge < -0.3 is 10.6 Å². The second kappa shape index (κ2) is 9.65. The average molecular weight is 470 g/mol. The van der Waals surface area contributed by atoms with Crippen molar-refractivity contribution in [1.82, 2.24) is 4.31 Å². The van der Waals surface area contributed by atoms with Crippen LogP contribution >= 0.6 is 0 Å². The van der Waals surface area contributed by atoms with Crippen molar-refractivity contribution in [3.05, 3.63) is 54.1 Å². The van der Waals surface area contributed by atoms with Crippen molar-refractivity contribution in [2.75, 3.05) is 23.7 Å². The summed E-state index contributed by atoms with van der Waals surface area (Å²) in [6.45, 7) is 4.76. The molecule has 0 radical (unpaired) electrons. The van der Waals surface area contributed by atoms with E-state index in [1.54, 1.807) is 36.4 Å². The fourth-order valence-corrected chi connectivity index (χ4v) is 5.51. The Labute approximate surface area is 195 Å². The van der Waals surface area contributed by atoms with Gasteiger partial charge in [0.15, 0.2) is 0 Å². The van der Waals surface area contributed by atoms with E-state index in [0.717, 1.165) is 18.4 Å². The van der Waals surface area contributed by atoms with Gasteiger partial charge in [0.25, 0.3) is 0 Å². The van der Waals surface area contributed by atoms with Crippen molar-refractivity contribution in [2.24, 2.45) is 11.8 Å². The van der Waals surface area contributed by atoms with Gasteiger partial charge in [0, 0.05) is 36.3 Å². The summed E-state index contributed by atoms with van der Waals surface area (Å²) < 4.78 is 27.5. The number of carbonyl (C=O) groups is 2. The van der Waals surface area contributed by atoms with Gasteiger partial charge in [0.2, 0.25) is 21.8 Å². The molecule has 2 aromatic carbocycles. The van der Waals surface area contributed by atoms with Crippen LogP contribution in [0.5, 0.6) is 0 Å². The smallest absolute Gasteiger partial charge is 0.243 e. The molecule has 2 aromatic rings. The maximum atomic E-state index is 13.0. The number of rotatable bonds is 7. The Hall–Kier alpha value is -2.71. The zero-order valence-electron chi connectivity index (χ0n) is 19.1. The molecule has 1 heterocycles. The Kier molecular flexibility index (Phi) is 6.86. The maximum absolute atomic E-state index is 13.0. The van der Waals surface area contributed by atoms with Gasteiger partial charge in [-0.25, -0.2) is 8.42 Å². The summed E-state index contributed by atoms with van der Waals surface area (Å²) in [4.78, 5) is 25.0. The lowest BCUT2D eigenvalue weighted by Crippen LogP contribution is -2.41. The maximum Gasteiger partial charge on any atom is 0.243 e. The highest BCUT2D eigenvalue weighted by molar-refractivity contribution is 7.89. The molecule has 33 heavy (non-hydrogen) atoms. The van der Waals surface area contributed by atoms with Crippen molar-refractivity contribution in [3.63, 3.8) is 0 Å². The molecule has 7 nitrogen and oxygen atoms in total. The third-order valence-electron chi connectivity index (χ3n) is 6.36. The van der Waals surface area contributed by atoms with Crippen LogP contribution in [0.2, 0.25) is 0 Å². The number of hydrogen-bond donors (Lipinski definition) is 2. The summed E-state index contributed by atoms with van der Waals surface area (Å²) in [7, 11) is -3.57. The van der Waals surface area contributed by atoms with Crippen LogP contribution in [-0.2, 0) is 19.6 Å². The van der Waals surface area contributed by atoms with E-state index in [9.17, 15) is 18.0 Å². The van der Waals surface area contributed by atoms with E-state index in [-0.39, 0.29) is 23.7 Å². The SMILES string of the molecule is CC(C)c1ccc(S(=O)(=O)N2CCC(C(=O)Nc3cccc(NC(=O)C4CC4)c3)CC2)cc1. The molecule has 0 unspecified atom stereocenters. The Morgan fingerprint density at radius 3 is 1.85 bits per heavy atom. The summed E-state index contributed by atoms with van der Waals surface area (Å²) in [5, 5.41) is 5.79. The fraction of sp³-hybridized carbons (Fsp3) is 0.440. The molecule has 1 aliphatic heterocycles. The summed E-state index contributed by atoms with van der Waals surface area (Å²) >= 11 is 0. The number of sulfonamides is 1. The number of nitrogens with zero attached hydrogens (tertiary/aromatic N) is 1. The highest BCUT2D eigenvalue weighted by atomic mass is 32.2. The van der Waals surface area contributed by atoms with Gasteiger partial charge in [0.1, 0.15) is 0 Å². The van der Waals surface area contributed by atoms with Crippen molar-refractivity contribution in [3.8, 4) is 0 Å². The summed E-state index contributed by atoms with van der Waals surface area (Å²) in [6, 6.07) is 14.2. The molecule has 176 valence electrons. The van der Waals surface area contributed by atoms with Crippen molar-refractivity contribution < 1.29 is 18.0 Å². The van der Waals surface area contributed by atoms with Crippen LogP contribution in [0.4, 0.5) is 11.4 Å². The standard InChI is InChI=1S/C25H31N3O4S/c1-17(2)18-8-10-23(11-9-18)33(31,32)28-14-12-20(13-15-28)25(30)27-22-5-3-4-21(16-22)26-24(29)19-6-7-19/h3-5,8-11,16-17,19-20H,6-7,12-15H2,1-2H3,(H,26,29)(H,27,30). The van der Waals surface area contributed by atoms with Crippen LogP contribution in [0, 0.1) is 11.8 Å².